The van der Waals surface area contributed by atoms with Crippen LogP contribution in [0.4, 0.5) is 0 Å². The largest absolute Gasteiger partial charge is 0.492 e. The number of ether oxygens (including phenoxy) is 1. The monoisotopic (exact) mass is 283 g/mol. The zero-order valence-electron chi connectivity index (χ0n) is 13.1. The van der Waals surface area contributed by atoms with E-state index in [2.05, 4.69) is 61.2 Å². The van der Waals surface area contributed by atoms with E-state index in [0.29, 0.717) is 0 Å². The molecule has 1 aliphatic rings. The molecular formula is C19H25NO. The highest BCUT2D eigenvalue weighted by atomic mass is 16.5. The molecule has 0 unspecified atom stereocenters. The van der Waals surface area contributed by atoms with E-state index in [-0.39, 0.29) is 0 Å². The fraction of sp³-hybridized carbons (Fsp3) is 0.474. The highest BCUT2D eigenvalue weighted by Gasteiger charge is 2.21. The van der Waals surface area contributed by atoms with E-state index in [0.717, 1.165) is 30.7 Å². The van der Waals surface area contributed by atoms with Crippen LogP contribution in [0.1, 0.15) is 20.3 Å². The van der Waals surface area contributed by atoms with Gasteiger partial charge in [0.2, 0.25) is 0 Å². The van der Waals surface area contributed by atoms with Gasteiger partial charge in [0.15, 0.2) is 0 Å². The second-order valence-electron chi connectivity index (χ2n) is 6.56. The van der Waals surface area contributed by atoms with Crippen LogP contribution in [0.15, 0.2) is 42.5 Å². The van der Waals surface area contributed by atoms with Crippen LogP contribution < -0.4 is 4.74 Å². The van der Waals surface area contributed by atoms with Crippen LogP contribution in [0.25, 0.3) is 10.8 Å². The number of hydrogen-bond donors (Lipinski definition) is 0. The van der Waals surface area contributed by atoms with Gasteiger partial charge >= 0.3 is 0 Å². The first kappa shape index (κ1) is 14.4. The molecule has 2 aromatic carbocycles. The van der Waals surface area contributed by atoms with Gasteiger partial charge in [0.25, 0.3) is 0 Å². The predicted octanol–water partition coefficient (Wildman–Crippen LogP) is 4.20. The van der Waals surface area contributed by atoms with Crippen molar-refractivity contribution in [3.63, 3.8) is 0 Å². The van der Waals surface area contributed by atoms with E-state index in [1.807, 2.05) is 0 Å². The van der Waals surface area contributed by atoms with Crippen molar-refractivity contribution in [2.75, 3.05) is 26.2 Å². The Morgan fingerprint density at radius 1 is 1.00 bits per heavy atom. The normalized spacial score (nSPS) is 23.3. The topological polar surface area (TPSA) is 12.5 Å². The van der Waals surface area contributed by atoms with E-state index < -0.39 is 0 Å². The smallest absolute Gasteiger partial charge is 0.120 e. The molecule has 1 fully saturated rings. The Morgan fingerprint density at radius 3 is 2.48 bits per heavy atom. The van der Waals surface area contributed by atoms with Gasteiger partial charge in [-0.15, -0.1) is 0 Å². The number of fused-ring (bicyclic) bond motifs is 1. The minimum atomic E-state index is 0.776. The first-order valence-corrected chi connectivity index (χ1v) is 8.04. The lowest BCUT2D eigenvalue weighted by atomic mass is 9.92. The molecule has 0 bridgehead atoms. The fourth-order valence-electron chi connectivity index (χ4n) is 3.52. The van der Waals surface area contributed by atoms with E-state index >= 15 is 0 Å². The lowest BCUT2D eigenvalue weighted by Gasteiger charge is -2.34. The van der Waals surface area contributed by atoms with E-state index in [4.69, 9.17) is 4.74 Å². The van der Waals surface area contributed by atoms with Crippen LogP contribution in [0, 0.1) is 11.8 Å². The average Bonchev–Trinajstić information content (AvgIpc) is 2.46. The van der Waals surface area contributed by atoms with Gasteiger partial charge in [-0.05, 0) is 41.2 Å². The number of piperidine rings is 1. The lowest BCUT2D eigenvalue weighted by molar-refractivity contribution is 0.121. The number of benzene rings is 2. The van der Waals surface area contributed by atoms with Crippen LogP contribution in [-0.2, 0) is 0 Å². The molecule has 1 aliphatic heterocycles. The molecule has 2 heteroatoms. The molecule has 2 aromatic rings. The maximum absolute atomic E-state index is 5.95. The molecule has 21 heavy (non-hydrogen) atoms. The van der Waals surface area contributed by atoms with Crippen LogP contribution in [0.5, 0.6) is 5.75 Å². The Labute approximate surface area is 127 Å². The van der Waals surface area contributed by atoms with Crippen molar-refractivity contribution in [1.82, 2.24) is 4.90 Å². The summed E-state index contributed by atoms with van der Waals surface area (Å²) in [6.07, 6.45) is 1.36. The Bertz CT molecular complexity index is 585. The first-order valence-electron chi connectivity index (χ1n) is 8.04. The third-order valence-electron chi connectivity index (χ3n) is 4.34. The Balaban J connectivity index is 1.54. The molecule has 0 amide bonds. The van der Waals surface area contributed by atoms with E-state index in [1.165, 1.54) is 30.3 Å². The molecule has 0 spiro atoms. The van der Waals surface area contributed by atoms with Crippen molar-refractivity contribution in [2.24, 2.45) is 11.8 Å². The van der Waals surface area contributed by atoms with Crippen molar-refractivity contribution in [1.29, 1.82) is 0 Å². The maximum atomic E-state index is 5.95. The minimum Gasteiger partial charge on any atom is -0.492 e. The third kappa shape index (κ3) is 3.76. The SMILES string of the molecule is C[C@@H]1C[C@@H](C)CN(CCOc2ccc3ccccc3c2)C1. The second kappa shape index (κ2) is 6.48. The molecule has 2 atom stereocenters. The number of rotatable bonds is 4. The van der Waals surface area contributed by atoms with Gasteiger partial charge in [-0.2, -0.15) is 0 Å². The van der Waals surface area contributed by atoms with Gasteiger partial charge in [-0.1, -0.05) is 44.2 Å². The summed E-state index contributed by atoms with van der Waals surface area (Å²) in [5.41, 5.74) is 0. The highest BCUT2D eigenvalue weighted by molar-refractivity contribution is 5.83. The summed E-state index contributed by atoms with van der Waals surface area (Å²) in [6.45, 7) is 8.94. The van der Waals surface area contributed by atoms with Crippen molar-refractivity contribution in [3.05, 3.63) is 42.5 Å². The van der Waals surface area contributed by atoms with Crippen molar-refractivity contribution in [2.45, 2.75) is 20.3 Å². The van der Waals surface area contributed by atoms with Crippen molar-refractivity contribution >= 4 is 10.8 Å². The molecule has 0 aromatic heterocycles. The Hall–Kier alpha value is -1.54. The Kier molecular flexibility index (Phi) is 4.45. The third-order valence-corrected chi connectivity index (χ3v) is 4.34. The molecule has 3 rings (SSSR count). The van der Waals surface area contributed by atoms with Gasteiger partial charge in [-0.25, -0.2) is 0 Å². The van der Waals surface area contributed by atoms with Crippen LogP contribution >= 0.6 is 0 Å². The molecule has 112 valence electrons. The summed E-state index contributed by atoms with van der Waals surface area (Å²) >= 11 is 0. The highest BCUT2D eigenvalue weighted by Crippen LogP contribution is 2.22. The number of hydrogen-bond acceptors (Lipinski definition) is 2. The summed E-state index contributed by atoms with van der Waals surface area (Å²) in [6, 6.07) is 14.8. The molecule has 1 heterocycles. The van der Waals surface area contributed by atoms with Gasteiger partial charge < -0.3 is 4.74 Å². The second-order valence-corrected chi connectivity index (χ2v) is 6.56. The molecule has 0 radical (unpaired) electrons. The predicted molar refractivity (Wildman–Crippen MR) is 88.8 cm³/mol. The average molecular weight is 283 g/mol. The maximum Gasteiger partial charge on any atom is 0.120 e. The molecule has 2 nitrogen and oxygen atoms in total. The quantitative estimate of drug-likeness (QED) is 0.834. The summed E-state index contributed by atoms with van der Waals surface area (Å²) in [4.78, 5) is 2.54. The summed E-state index contributed by atoms with van der Waals surface area (Å²) in [7, 11) is 0. The fourth-order valence-corrected chi connectivity index (χ4v) is 3.52. The lowest BCUT2D eigenvalue weighted by Crippen LogP contribution is -2.40. The molecule has 1 saturated heterocycles. The number of likely N-dealkylation sites (tertiary alicyclic amines) is 1. The standard InChI is InChI=1S/C19H25NO/c1-15-11-16(2)14-20(13-15)9-10-21-19-8-7-17-5-3-4-6-18(17)12-19/h3-8,12,15-16H,9-11,13-14H2,1-2H3/t15-,16-/m1/s1. The van der Waals surface area contributed by atoms with E-state index in [9.17, 15) is 0 Å². The first-order chi connectivity index (χ1) is 10.2. The summed E-state index contributed by atoms with van der Waals surface area (Å²) in [5, 5.41) is 2.51. The van der Waals surface area contributed by atoms with Crippen LogP contribution in [0.3, 0.4) is 0 Å². The van der Waals surface area contributed by atoms with Crippen LogP contribution in [-0.4, -0.2) is 31.1 Å². The summed E-state index contributed by atoms with van der Waals surface area (Å²) in [5.74, 6) is 2.61. The number of nitrogens with zero attached hydrogens (tertiary/aromatic N) is 1. The minimum absolute atomic E-state index is 0.776. The molecule has 0 N–H and O–H groups in total. The molecule has 0 saturated carbocycles. The van der Waals surface area contributed by atoms with Crippen molar-refractivity contribution in [3.8, 4) is 5.75 Å². The van der Waals surface area contributed by atoms with Gasteiger partial charge in [0.05, 0.1) is 0 Å². The van der Waals surface area contributed by atoms with E-state index in [1.54, 1.807) is 0 Å². The molecule has 0 aliphatic carbocycles. The zero-order chi connectivity index (χ0) is 14.7. The van der Waals surface area contributed by atoms with Crippen molar-refractivity contribution < 1.29 is 4.74 Å². The Morgan fingerprint density at radius 2 is 1.71 bits per heavy atom. The summed E-state index contributed by atoms with van der Waals surface area (Å²) < 4.78 is 5.95. The van der Waals surface area contributed by atoms with Crippen LogP contribution in [0.2, 0.25) is 0 Å². The molecular weight excluding hydrogens is 258 g/mol. The van der Waals surface area contributed by atoms with Gasteiger partial charge in [-0.3, -0.25) is 4.90 Å². The van der Waals surface area contributed by atoms with Gasteiger partial charge in [0.1, 0.15) is 12.4 Å². The van der Waals surface area contributed by atoms with Gasteiger partial charge in [0, 0.05) is 19.6 Å². The zero-order valence-corrected chi connectivity index (χ0v) is 13.1.